The van der Waals surface area contributed by atoms with Crippen molar-refractivity contribution in [3.63, 3.8) is 0 Å². The van der Waals surface area contributed by atoms with Gasteiger partial charge in [-0.25, -0.2) is 0 Å². The second-order valence-electron chi connectivity index (χ2n) is 12.2. The summed E-state index contributed by atoms with van der Waals surface area (Å²) < 4.78 is 7.11. The molecule has 1 aromatic heterocycles. The van der Waals surface area contributed by atoms with Gasteiger partial charge in [-0.3, -0.25) is 4.98 Å². The number of hydrogen-bond donors (Lipinski definition) is 0. The van der Waals surface area contributed by atoms with Crippen molar-refractivity contribution < 1.29 is 4.74 Å². The van der Waals surface area contributed by atoms with Crippen LogP contribution in [0.5, 0.6) is 11.5 Å². The number of rotatable bonds is 3. The van der Waals surface area contributed by atoms with Gasteiger partial charge in [-0.1, -0.05) is 103 Å². The lowest BCUT2D eigenvalue weighted by molar-refractivity contribution is 0.500. The molecule has 0 radical (unpaired) electrons. The van der Waals surface area contributed by atoms with Crippen LogP contribution >= 0.6 is 0 Å². The summed E-state index contributed by atoms with van der Waals surface area (Å²) >= 11 is 0. The van der Waals surface area contributed by atoms with E-state index in [1.807, 2.05) is 12.4 Å². The smallest absolute Gasteiger partial charge is 0.143 e. The molecule has 0 unspecified atom stereocenters. The Morgan fingerprint density at radius 3 is 2.24 bits per heavy atom. The van der Waals surface area contributed by atoms with Crippen LogP contribution in [0.4, 0.5) is 0 Å². The third kappa shape index (κ3) is 3.54. The summed E-state index contributed by atoms with van der Waals surface area (Å²) in [5.41, 5.74) is 3.82. The Labute approximate surface area is 259 Å². The van der Waals surface area contributed by atoms with Gasteiger partial charge in [-0.2, -0.15) is 0 Å². The third-order valence-electron chi connectivity index (χ3n) is 9.80. The van der Waals surface area contributed by atoms with Crippen LogP contribution in [-0.2, 0) is 6.42 Å². The number of aromatic nitrogens is 1. The van der Waals surface area contributed by atoms with Gasteiger partial charge in [0.05, 0.1) is 0 Å². The lowest BCUT2D eigenvalue weighted by Gasteiger charge is -2.21. The van der Waals surface area contributed by atoms with Crippen molar-refractivity contribution in [2.75, 3.05) is 0 Å². The molecule has 1 heterocycles. The number of hydrogen-bond acceptors (Lipinski definition) is 2. The second kappa shape index (κ2) is 9.38. The van der Waals surface area contributed by atoms with E-state index in [-0.39, 0.29) is 0 Å². The van der Waals surface area contributed by atoms with Crippen LogP contribution in [0, 0.1) is 0 Å². The van der Waals surface area contributed by atoms with E-state index in [9.17, 15) is 0 Å². The Hall–Kier alpha value is -5.73. The fourth-order valence-corrected chi connectivity index (χ4v) is 7.87. The SMILES string of the molecule is C1=c2cccc3c2c(c2cccc4c(Oc5c6ccccc6c(-c6ccc7ccccc7c6)c6cnccc56)ccc3c42)CC1. The maximum Gasteiger partial charge on any atom is 0.143 e. The van der Waals surface area contributed by atoms with Crippen LogP contribution in [-0.4, -0.2) is 4.98 Å². The minimum atomic E-state index is 0.867. The Bertz CT molecular complexity index is 2680. The van der Waals surface area contributed by atoms with Crippen molar-refractivity contribution in [3.05, 3.63) is 145 Å². The van der Waals surface area contributed by atoms with Crippen molar-refractivity contribution in [3.8, 4) is 22.6 Å². The number of pyridine rings is 1. The van der Waals surface area contributed by atoms with Gasteiger partial charge in [-0.05, 0) is 96.7 Å². The highest BCUT2D eigenvalue weighted by atomic mass is 16.5. The zero-order chi connectivity index (χ0) is 29.5. The van der Waals surface area contributed by atoms with Crippen LogP contribution < -0.4 is 9.96 Å². The number of benzene rings is 8. The maximum absolute atomic E-state index is 7.11. The van der Waals surface area contributed by atoms with Gasteiger partial charge in [0.15, 0.2) is 0 Å². The maximum atomic E-state index is 7.11. The molecule has 0 saturated carbocycles. The topological polar surface area (TPSA) is 22.1 Å². The molecule has 0 aliphatic heterocycles. The van der Waals surface area contributed by atoms with Crippen LogP contribution in [0.3, 0.4) is 0 Å². The van der Waals surface area contributed by atoms with E-state index in [2.05, 4.69) is 132 Å². The van der Waals surface area contributed by atoms with Crippen LogP contribution in [0.2, 0.25) is 0 Å². The minimum Gasteiger partial charge on any atom is -0.455 e. The fourth-order valence-electron chi connectivity index (χ4n) is 7.87. The summed E-state index contributed by atoms with van der Waals surface area (Å²) in [6, 6.07) is 43.9. The first kappa shape index (κ1) is 24.7. The Kier molecular flexibility index (Phi) is 5.15. The lowest BCUT2D eigenvalue weighted by Crippen LogP contribution is -2.10. The normalized spacial score (nSPS) is 12.9. The van der Waals surface area contributed by atoms with E-state index in [1.165, 1.54) is 59.6 Å². The van der Waals surface area contributed by atoms with Gasteiger partial charge in [0.25, 0.3) is 0 Å². The van der Waals surface area contributed by atoms with Crippen LogP contribution in [0.1, 0.15) is 12.0 Å². The summed E-state index contributed by atoms with van der Waals surface area (Å²) in [5, 5.41) is 16.0. The predicted octanol–water partition coefficient (Wildman–Crippen LogP) is 10.9. The molecule has 1 aliphatic carbocycles. The molecule has 0 spiro atoms. The number of ether oxygens (including phenoxy) is 1. The lowest BCUT2D eigenvalue weighted by atomic mass is 9.85. The molecule has 2 heteroatoms. The van der Waals surface area contributed by atoms with Crippen molar-refractivity contribution >= 4 is 70.7 Å². The molecule has 0 amide bonds. The van der Waals surface area contributed by atoms with Gasteiger partial charge in [0.1, 0.15) is 11.5 Å². The number of fused-ring (bicyclic) bond motifs is 5. The van der Waals surface area contributed by atoms with Gasteiger partial charge in [0, 0.05) is 39.3 Å². The number of nitrogens with zero attached hydrogens (tertiary/aromatic N) is 1. The predicted molar refractivity (Wildman–Crippen MR) is 189 cm³/mol. The monoisotopic (exact) mass is 573 g/mol. The summed E-state index contributed by atoms with van der Waals surface area (Å²) in [5.74, 6) is 1.74. The first-order chi connectivity index (χ1) is 22.3. The largest absolute Gasteiger partial charge is 0.455 e. The standard InChI is InChI=1S/C43H27NO/c1-2-9-28-24-29(19-18-26(28)8-1)41-33-12-3-4-13-35(33)43(36-22-23-44-25-38(36)41)45-39-21-20-34-31-15-6-11-27-10-5-14-30(40(27)31)32-16-7-17-37(39)42(32)34/h1-4,6-13,15-25H,5,14H2. The Morgan fingerprint density at radius 2 is 1.29 bits per heavy atom. The molecule has 10 rings (SSSR count). The van der Waals surface area contributed by atoms with E-state index >= 15 is 0 Å². The van der Waals surface area contributed by atoms with E-state index in [4.69, 9.17) is 4.74 Å². The molecule has 0 saturated heterocycles. The molecule has 8 aromatic carbocycles. The summed E-state index contributed by atoms with van der Waals surface area (Å²) in [4.78, 5) is 4.60. The van der Waals surface area contributed by atoms with Crippen molar-refractivity contribution in [1.29, 1.82) is 0 Å². The molecule has 2 nitrogen and oxygen atoms in total. The van der Waals surface area contributed by atoms with Gasteiger partial charge in [0.2, 0.25) is 0 Å². The second-order valence-corrected chi connectivity index (χ2v) is 12.2. The average Bonchev–Trinajstić information content (AvgIpc) is 3.10. The van der Waals surface area contributed by atoms with Crippen molar-refractivity contribution in [1.82, 2.24) is 4.98 Å². The summed E-state index contributed by atoms with van der Waals surface area (Å²) in [6.45, 7) is 0. The molecule has 210 valence electrons. The quantitative estimate of drug-likeness (QED) is 0.155. The van der Waals surface area contributed by atoms with Crippen LogP contribution in [0.15, 0.2) is 134 Å². The van der Waals surface area contributed by atoms with Gasteiger partial charge >= 0.3 is 0 Å². The molecule has 1 aliphatic rings. The first-order valence-corrected chi connectivity index (χ1v) is 15.7. The molecular weight excluding hydrogens is 546 g/mol. The highest BCUT2D eigenvalue weighted by Crippen LogP contribution is 2.47. The molecule has 9 aromatic rings. The molecule has 0 fully saturated rings. The van der Waals surface area contributed by atoms with Crippen LogP contribution in [0.25, 0.3) is 81.8 Å². The van der Waals surface area contributed by atoms with Gasteiger partial charge in [-0.15, -0.1) is 0 Å². The highest BCUT2D eigenvalue weighted by molar-refractivity contribution is 6.25. The minimum absolute atomic E-state index is 0.867. The van der Waals surface area contributed by atoms with E-state index in [0.717, 1.165) is 51.3 Å². The average molecular weight is 574 g/mol. The molecule has 0 atom stereocenters. The Balaban J connectivity index is 1.24. The van der Waals surface area contributed by atoms with Crippen molar-refractivity contribution in [2.45, 2.75) is 12.8 Å². The fraction of sp³-hybridized carbons (Fsp3) is 0.0465. The van der Waals surface area contributed by atoms with Gasteiger partial charge < -0.3 is 4.74 Å². The molecular formula is C43H27NO. The Morgan fingerprint density at radius 1 is 0.533 bits per heavy atom. The van der Waals surface area contributed by atoms with E-state index in [1.54, 1.807) is 0 Å². The summed E-state index contributed by atoms with van der Waals surface area (Å²) in [7, 11) is 0. The highest BCUT2D eigenvalue weighted by Gasteiger charge is 2.21. The summed E-state index contributed by atoms with van der Waals surface area (Å²) in [6.07, 6.45) is 8.38. The molecule has 0 N–H and O–H groups in total. The zero-order valence-electron chi connectivity index (χ0n) is 24.5. The zero-order valence-corrected chi connectivity index (χ0v) is 24.5. The van der Waals surface area contributed by atoms with Crippen molar-refractivity contribution in [2.24, 2.45) is 0 Å². The molecule has 0 bridgehead atoms. The third-order valence-corrected chi connectivity index (χ3v) is 9.80. The van der Waals surface area contributed by atoms with E-state index in [0.29, 0.717) is 0 Å². The first-order valence-electron chi connectivity index (χ1n) is 15.7. The molecule has 45 heavy (non-hydrogen) atoms. The number of aryl methyl sites for hydroxylation is 1. The van der Waals surface area contributed by atoms with E-state index < -0.39 is 0 Å².